The van der Waals surface area contributed by atoms with Crippen LogP contribution in [0.1, 0.15) is 24.5 Å². The van der Waals surface area contributed by atoms with Gasteiger partial charge in [0.2, 0.25) is 0 Å². The van der Waals surface area contributed by atoms with E-state index in [9.17, 15) is 4.79 Å². The van der Waals surface area contributed by atoms with Crippen molar-refractivity contribution >= 4 is 5.97 Å². The van der Waals surface area contributed by atoms with Gasteiger partial charge in [0.1, 0.15) is 0 Å². The molecule has 0 aliphatic heterocycles. The zero-order valence-electron chi connectivity index (χ0n) is 11.9. The largest absolute Gasteiger partial charge is 0.481 e. The molecule has 1 aromatic carbocycles. The first-order valence-corrected chi connectivity index (χ1v) is 6.55. The fourth-order valence-corrected chi connectivity index (χ4v) is 1.96. The Hall–Kier alpha value is -2.24. The minimum Gasteiger partial charge on any atom is -0.481 e. The summed E-state index contributed by atoms with van der Waals surface area (Å²) in [5, 5.41) is 20.6. The third-order valence-corrected chi connectivity index (χ3v) is 3.36. The molecule has 1 unspecified atom stereocenters. The average molecular weight is 274 g/mol. The van der Waals surface area contributed by atoms with Crippen molar-refractivity contribution in [2.24, 2.45) is 5.92 Å². The molecule has 0 radical (unpaired) electrons. The zero-order chi connectivity index (χ0) is 14.7. The SMILES string of the molecule is Cc1ccc(C)c(-c2nnnn2CCC(C)C(=O)O)c1. The summed E-state index contributed by atoms with van der Waals surface area (Å²) in [7, 11) is 0. The van der Waals surface area contributed by atoms with E-state index >= 15 is 0 Å². The van der Waals surface area contributed by atoms with Gasteiger partial charge < -0.3 is 5.11 Å². The summed E-state index contributed by atoms with van der Waals surface area (Å²) in [5.74, 6) is -0.527. The van der Waals surface area contributed by atoms with E-state index < -0.39 is 11.9 Å². The number of nitrogens with zero attached hydrogens (tertiary/aromatic N) is 4. The third-order valence-electron chi connectivity index (χ3n) is 3.36. The van der Waals surface area contributed by atoms with Crippen molar-refractivity contribution in [1.29, 1.82) is 0 Å². The van der Waals surface area contributed by atoms with Crippen LogP contribution in [0.4, 0.5) is 0 Å². The number of carbonyl (C=O) groups is 1. The first kappa shape index (κ1) is 14.2. The van der Waals surface area contributed by atoms with Crippen LogP contribution >= 0.6 is 0 Å². The predicted octanol–water partition coefficient (Wildman–Crippen LogP) is 2.07. The molecule has 20 heavy (non-hydrogen) atoms. The Labute approximate surface area is 117 Å². The first-order valence-electron chi connectivity index (χ1n) is 6.55. The van der Waals surface area contributed by atoms with E-state index in [0.29, 0.717) is 18.8 Å². The van der Waals surface area contributed by atoms with Gasteiger partial charge in [0.25, 0.3) is 0 Å². The lowest BCUT2D eigenvalue weighted by Gasteiger charge is -2.09. The molecule has 0 fully saturated rings. The van der Waals surface area contributed by atoms with E-state index in [1.165, 1.54) is 0 Å². The number of benzene rings is 1. The fraction of sp³-hybridized carbons (Fsp3) is 0.429. The topological polar surface area (TPSA) is 80.9 Å². The molecule has 0 saturated carbocycles. The third kappa shape index (κ3) is 3.01. The van der Waals surface area contributed by atoms with Crippen LogP contribution in [0, 0.1) is 19.8 Å². The monoisotopic (exact) mass is 274 g/mol. The highest BCUT2D eigenvalue weighted by molar-refractivity contribution is 5.69. The number of rotatable bonds is 5. The van der Waals surface area contributed by atoms with Crippen LogP contribution in [-0.2, 0) is 11.3 Å². The normalized spacial score (nSPS) is 12.3. The lowest BCUT2D eigenvalue weighted by molar-refractivity contribution is -0.141. The molecule has 0 bridgehead atoms. The van der Waals surface area contributed by atoms with E-state index in [4.69, 9.17) is 5.11 Å². The standard InChI is InChI=1S/C14H18N4O2/c1-9-4-5-10(2)12(8-9)13-15-16-17-18(13)7-6-11(3)14(19)20/h4-5,8,11H,6-7H2,1-3H3,(H,19,20). The highest BCUT2D eigenvalue weighted by Crippen LogP contribution is 2.22. The molecule has 1 heterocycles. The van der Waals surface area contributed by atoms with Crippen molar-refractivity contribution in [2.45, 2.75) is 33.7 Å². The van der Waals surface area contributed by atoms with Crippen molar-refractivity contribution in [3.63, 3.8) is 0 Å². The van der Waals surface area contributed by atoms with Crippen LogP contribution in [-0.4, -0.2) is 31.3 Å². The summed E-state index contributed by atoms with van der Waals surface area (Å²) in [6.45, 7) is 6.20. The smallest absolute Gasteiger partial charge is 0.306 e. The van der Waals surface area contributed by atoms with Gasteiger partial charge >= 0.3 is 5.97 Å². The molecule has 2 rings (SSSR count). The second-order valence-corrected chi connectivity index (χ2v) is 5.07. The molecule has 0 amide bonds. The lowest BCUT2D eigenvalue weighted by Crippen LogP contribution is -2.14. The number of aryl methyl sites for hydroxylation is 3. The Morgan fingerprint density at radius 1 is 1.40 bits per heavy atom. The number of aliphatic carboxylic acids is 1. The summed E-state index contributed by atoms with van der Waals surface area (Å²) in [6, 6.07) is 6.11. The minimum atomic E-state index is -0.800. The summed E-state index contributed by atoms with van der Waals surface area (Å²) in [6.07, 6.45) is 0.498. The molecule has 0 saturated heterocycles. The maximum absolute atomic E-state index is 10.9. The van der Waals surface area contributed by atoms with Crippen LogP contribution in [0.3, 0.4) is 0 Å². The van der Waals surface area contributed by atoms with Crippen molar-refractivity contribution in [3.05, 3.63) is 29.3 Å². The molecule has 0 spiro atoms. The Balaban J connectivity index is 2.24. The molecule has 1 N–H and O–H groups in total. The molecule has 0 aliphatic carbocycles. The van der Waals surface area contributed by atoms with Gasteiger partial charge in [-0.25, -0.2) is 4.68 Å². The molecule has 0 aliphatic rings. The molecular formula is C14H18N4O2. The first-order chi connectivity index (χ1) is 9.49. The van der Waals surface area contributed by atoms with Crippen molar-refractivity contribution in [1.82, 2.24) is 20.2 Å². The van der Waals surface area contributed by atoms with Crippen molar-refractivity contribution < 1.29 is 9.90 Å². The van der Waals surface area contributed by atoms with Crippen molar-refractivity contribution in [2.75, 3.05) is 0 Å². The molecule has 106 valence electrons. The molecule has 1 atom stereocenters. The average Bonchev–Trinajstić information content (AvgIpc) is 2.86. The van der Waals surface area contributed by atoms with Gasteiger partial charge in [-0.2, -0.15) is 0 Å². The summed E-state index contributed by atoms with van der Waals surface area (Å²) in [5.41, 5.74) is 3.22. The molecule has 1 aromatic heterocycles. The molecule has 6 nitrogen and oxygen atoms in total. The van der Waals surface area contributed by atoms with Gasteiger partial charge in [-0.05, 0) is 42.3 Å². The van der Waals surface area contributed by atoms with Gasteiger partial charge in [-0.1, -0.05) is 24.6 Å². The van der Waals surface area contributed by atoms with E-state index in [2.05, 4.69) is 15.5 Å². The van der Waals surface area contributed by atoms with Crippen LogP contribution in [0.25, 0.3) is 11.4 Å². The number of carboxylic acid groups (broad SMARTS) is 1. The van der Waals surface area contributed by atoms with Gasteiger partial charge in [0.05, 0.1) is 5.92 Å². The Morgan fingerprint density at radius 3 is 2.85 bits per heavy atom. The zero-order valence-corrected chi connectivity index (χ0v) is 11.9. The maximum Gasteiger partial charge on any atom is 0.306 e. The predicted molar refractivity (Wildman–Crippen MR) is 74.1 cm³/mol. The highest BCUT2D eigenvalue weighted by atomic mass is 16.4. The molecular weight excluding hydrogens is 256 g/mol. The van der Waals surface area contributed by atoms with Gasteiger partial charge in [0.15, 0.2) is 5.82 Å². The second kappa shape index (κ2) is 5.81. The highest BCUT2D eigenvalue weighted by Gasteiger charge is 2.15. The van der Waals surface area contributed by atoms with Crippen LogP contribution in [0.15, 0.2) is 18.2 Å². The summed E-state index contributed by atoms with van der Waals surface area (Å²) < 4.78 is 1.67. The Bertz CT molecular complexity index is 621. The lowest BCUT2D eigenvalue weighted by atomic mass is 10.0. The van der Waals surface area contributed by atoms with E-state index in [0.717, 1.165) is 16.7 Å². The number of hydrogen-bond donors (Lipinski definition) is 1. The molecule has 2 aromatic rings. The second-order valence-electron chi connectivity index (χ2n) is 5.07. The number of carboxylic acids is 1. The quantitative estimate of drug-likeness (QED) is 0.902. The Kier molecular flexibility index (Phi) is 4.12. The maximum atomic E-state index is 10.9. The minimum absolute atomic E-state index is 0.411. The van der Waals surface area contributed by atoms with E-state index in [-0.39, 0.29) is 0 Å². The van der Waals surface area contributed by atoms with Crippen LogP contribution in [0.5, 0.6) is 0 Å². The van der Waals surface area contributed by atoms with Gasteiger partial charge in [-0.3, -0.25) is 4.79 Å². The number of aromatic nitrogens is 4. The van der Waals surface area contributed by atoms with Crippen molar-refractivity contribution in [3.8, 4) is 11.4 Å². The number of hydrogen-bond acceptors (Lipinski definition) is 4. The fourth-order valence-electron chi connectivity index (χ4n) is 1.96. The van der Waals surface area contributed by atoms with E-state index in [1.54, 1.807) is 11.6 Å². The van der Waals surface area contributed by atoms with E-state index in [1.807, 2.05) is 32.0 Å². The Morgan fingerprint density at radius 2 is 2.15 bits per heavy atom. The summed E-state index contributed by atoms with van der Waals surface area (Å²) >= 11 is 0. The summed E-state index contributed by atoms with van der Waals surface area (Å²) in [4.78, 5) is 10.9. The number of tetrazole rings is 1. The van der Waals surface area contributed by atoms with Gasteiger partial charge in [0, 0.05) is 12.1 Å². The molecule has 6 heteroatoms. The van der Waals surface area contributed by atoms with Gasteiger partial charge in [-0.15, -0.1) is 5.10 Å². The van der Waals surface area contributed by atoms with Crippen LogP contribution in [0.2, 0.25) is 0 Å². The van der Waals surface area contributed by atoms with Crippen LogP contribution < -0.4 is 0 Å².